The van der Waals surface area contributed by atoms with E-state index in [1.807, 2.05) is 0 Å². The number of aromatic hydroxyl groups is 2. The molecule has 289 valence electrons. The van der Waals surface area contributed by atoms with Crippen molar-refractivity contribution in [2.45, 2.75) is 14.7 Å². The van der Waals surface area contributed by atoms with E-state index in [2.05, 4.69) is 40.1 Å². The Labute approximate surface area is 327 Å². The van der Waals surface area contributed by atoms with Crippen molar-refractivity contribution in [3.8, 4) is 17.2 Å². The standard InChI is InChI=1S/C33H26N6O12S3.Cu/c1-49-30-17-27(37-39-32-31(54(46,47)48)14-18-4-2-3-5-22(18)33(32)41)29(40)16-28(30)38-36-26-13-12-25(23-11-10-21(15-24(23)26)53(43,44)45)35-34-19-6-8-20(9-7-19)52-51-50-42;/h2-17,40-42,46-48H,1H3,(H,43,44,45);. The van der Waals surface area contributed by atoms with Crippen molar-refractivity contribution in [2.24, 2.45) is 30.7 Å². The maximum absolute atomic E-state index is 12.0. The van der Waals surface area contributed by atoms with Crippen LogP contribution in [0.5, 0.6) is 17.2 Å². The molecule has 0 heterocycles. The van der Waals surface area contributed by atoms with Gasteiger partial charge in [-0.15, -0.1) is 29.9 Å². The van der Waals surface area contributed by atoms with E-state index in [-0.39, 0.29) is 50.7 Å². The fraction of sp³-hybridized carbons (Fsp3) is 0.0303. The molecule has 18 nitrogen and oxygen atoms in total. The number of hydrogen-bond acceptors (Lipinski definition) is 18. The molecule has 0 saturated heterocycles. The Morgan fingerprint density at radius 1 is 0.655 bits per heavy atom. The van der Waals surface area contributed by atoms with Crippen molar-refractivity contribution in [3.63, 3.8) is 0 Å². The van der Waals surface area contributed by atoms with Gasteiger partial charge in [0.15, 0.2) is 5.75 Å². The number of rotatable bonds is 12. The van der Waals surface area contributed by atoms with E-state index >= 15 is 0 Å². The summed E-state index contributed by atoms with van der Waals surface area (Å²) in [5.41, 5.74) is 0.244. The summed E-state index contributed by atoms with van der Waals surface area (Å²) in [6, 6.07) is 23.4. The Bertz CT molecular complexity index is 2590. The molecule has 6 aromatic rings. The van der Waals surface area contributed by atoms with Gasteiger partial charge in [-0.05, 0) is 60.0 Å². The van der Waals surface area contributed by atoms with Crippen LogP contribution in [0.1, 0.15) is 0 Å². The van der Waals surface area contributed by atoms with E-state index in [4.69, 9.17) is 9.99 Å². The van der Waals surface area contributed by atoms with Crippen LogP contribution in [0.4, 0.5) is 34.1 Å². The SMILES string of the molecule is COc1cc(N=Nc2c(S(O)(O)O)cc3ccccc3c2O)c(O)cc1N=Nc1ccc(N=Nc2ccc(SOOO)cc2)c2ccc(S(=O)(=O)O)cc12.[Cu]. The molecule has 0 saturated carbocycles. The van der Waals surface area contributed by atoms with Crippen molar-refractivity contribution in [2.75, 3.05) is 7.11 Å². The number of fused-ring (bicyclic) bond motifs is 2. The van der Waals surface area contributed by atoms with Crippen LogP contribution >= 0.6 is 22.9 Å². The Hall–Kier alpha value is -5.07. The number of ether oxygens (including phenoxy) is 1. The van der Waals surface area contributed by atoms with E-state index in [0.717, 1.165) is 18.1 Å². The van der Waals surface area contributed by atoms with E-state index in [0.29, 0.717) is 27.0 Å². The average Bonchev–Trinajstić information content (AvgIpc) is 3.15. The second-order valence-electron chi connectivity index (χ2n) is 10.9. The number of methoxy groups -OCH3 is 1. The molecule has 0 fully saturated rings. The van der Waals surface area contributed by atoms with Gasteiger partial charge in [0, 0.05) is 50.3 Å². The molecule has 1 radical (unpaired) electrons. The molecule has 55 heavy (non-hydrogen) atoms. The maximum Gasteiger partial charge on any atom is 0.294 e. The van der Waals surface area contributed by atoms with Gasteiger partial charge in [0.05, 0.1) is 46.0 Å². The normalized spacial score (nSPS) is 12.6. The molecule has 6 aromatic carbocycles. The zero-order valence-electron chi connectivity index (χ0n) is 27.6. The van der Waals surface area contributed by atoms with Gasteiger partial charge in [-0.3, -0.25) is 4.55 Å². The number of hydrogen-bond donors (Lipinski definition) is 7. The van der Waals surface area contributed by atoms with Crippen LogP contribution < -0.4 is 4.74 Å². The molecule has 0 bridgehead atoms. The van der Waals surface area contributed by atoms with Gasteiger partial charge in [0.1, 0.15) is 39.4 Å². The molecular formula is C33H26CuN6O12S3. The van der Waals surface area contributed by atoms with Crippen molar-refractivity contribution < 1.29 is 73.3 Å². The summed E-state index contributed by atoms with van der Waals surface area (Å²) in [4.78, 5) is -0.314. The van der Waals surface area contributed by atoms with E-state index in [1.165, 1.54) is 43.5 Å². The number of benzene rings is 6. The largest absolute Gasteiger partial charge is 0.506 e. The molecule has 6 rings (SSSR count). The Morgan fingerprint density at radius 3 is 1.98 bits per heavy atom. The number of nitrogens with zero attached hydrogens (tertiary/aromatic N) is 6. The van der Waals surface area contributed by atoms with Crippen LogP contribution in [0.2, 0.25) is 0 Å². The number of azo groups is 3. The third kappa shape index (κ3) is 9.42. The third-order valence-corrected chi connectivity index (χ3v) is 9.91. The fourth-order valence-electron chi connectivity index (χ4n) is 5.04. The van der Waals surface area contributed by atoms with Gasteiger partial charge in [0.2, 0.25) is 0 Å². The predicted octanol–water partition coefficient (Wildman–Crippen LogP) is 10.9. The zero-order valence-corrected chi connectivity index (χ0v) is 31.0. The molecule has 0 spiro atoms. The number of phenols is 2. The topological polar surface area (TPSA) is 278 Å². The van der Waals surface area contributed by atoms with Crippen LogP contribution in [-0.2, 0) is 36.6 Å². The van der Waals surface area contributed by atoms with E-state index in [1.54, 1.807) is 54.6 Å². The third-order valence-electron chi connectivity index (χ3n) is 7.56. The van der Waals surface area contributed by atoms with Crippen molar-refractivity contribution in [3.05, 3.63) is 97.1 Å². The quantitative estimate of drug-likeness (QED) is 0.0151. The summed E-state index contributed by atoms with van der Waals surface area (Å²) in [7, 11) is -7.68. The summed E-state index contributed by atoms with van der Waals surface area (Å²) in [5.74, 6) is -0.946. The Balaban J connectivity index is 0.00000580. The molecule has 0 unspecified atom stereocenters. The molecule has 0 amide bonds. The van der Waals surface area contributed by atoms with Crippen LogP contribution in [-0.4, -0.2) is 49.2 Å². The van der Waals surface area contributed by atoms with Crippen molar-refractivity contribution in [1.82, 2.24) is 0 Å². The minimum Gasteiger partial charge on any atom is -0.506 e. The predicted molar refractivity (Wildman–Crippen MR) is 197 cm³/mol. The molecule has 7 N–H and O–H groups in total. The van der Waals surface area contributed by atoms with Crippen molar-refractivity contribution >= 4 is 88.7 Å². The molecule has 0 aliphatic rings. The first-order valence-electron chi connectivity index (χ1n) is 15.0. The van der Waals surface area contributed by atoms with Crippen LogP contribution in [0.25, 0.3) is 21.5 Å². The first-order chi connectivity index (χ1) is 25.8. The Morgan fingerprint density at radius 2 is 1.31 bits per heavy atom. The maximum atomic E-state index is 12.0. The van der Waals surface area contributed by atoms with Gasteiger partial charge in [-0.1, -0.05) is 35.4 Å². The van der Waals surface area contributed by atoms with Crippen LogP contribution in [0, 0.1) is 0 Å². The molecule has 0 atom stereocenters. The van der Waals surface area contributed by atoms with Crippen LogP contribution in [0.3, 0.4) is 0 Å². The summed E-state index contributed by atoms with van der Waals surface area (Å²) >= 11 is 0.766. The van der Waals surface area contributed by atoms with Gasteiger partial charge in [0.25, 0.3) is 10.1 Å². The first kappa shape index (κ1) is 41.1. The second kappa shape index (κ2) is 17.2. The molecular weight excluding hydrogens is 832 g/mol. The van der Waals surface area contributed by atoms with Gasteiger partial charge < -0.3 is 28.6 Å². The fourth-order valence-corrected chi connectivity index (χ4v) is 6.59. The van der Waals surface area contributed by atoms with Crippen LogP contribution in [0.15, 0.2) is 142 Å². The van der Waals surface area contributed by atoms with E-state index in [9.17, 15) is 36.8 Å². The molecule has 22 heteroatoms. The summed E-state index contributed by atoms with van der Waals surface area (Å²) in [6.07, 6.45) is 0. The number of phenolic OH excluding ortho intramolecular Hbond substituents is 2. The average molecular weight is 858 g/mol. The molecule has 0 aliphatic carbocycles. The minimum absolute atomic E-state index is 0. The minimum atomic E-state index is -4.62. The smallest absolute Gasteiger partial charge is 0.294 e. The first-order valence-corrected chi connectivity index (χ1v) is 18.7. The molecule has 0 aromatic heterocycles. The summed E-state index contributed by atoms with van der Waals surface area (Å²) in [6.45, 7) is 0. The van der Waals surface area contributed by atoms with E-state index < -0.39 is 48.0 Å². The van der Waals surface area contributed by atoms with Gasteiger partial charge in [-0.2, -0.15) is 13.5 Å². The second-order valence-corrected chi connectivity index (χ2v) is 14.6. The monoisotopic (exact) mass is 857 g/mol. The summed E-state index contributed by atoms with van der Waals surface area (Å²) < 4.78 is 73.7. The summed E-state index contributed by atoms with van der Waals surface area (Å²) in [5, 5.41) is 59.7. The van der Waals surface area contributed by atoms with Crippen molar-refractivity contribution in [1.29, 1.82) is 0 Å². The zero-order chi connectivity index (χ0) is 38.6. The molecule has 0 aliphatic heterocycles. The van der Waals surface area contributed by atoms with Gasteiger partial charge in [-0.25, -0.2) is 5.26 Å². The Kier molecular flexibility index (Phi) is 12.8. The van der Waals surface area contributed by atoms with Gasteiger partial charge >= 0.3 is 0 Å².